The van der Waals surface area contributed by atoms with Gasteiger partial charge in [-0.15, -0.1) is 0 Å². The van der Waals surface area contributed by atoms with Crippen molar-refractivity contribution in [3.05, 3.63) is 73.7 Å². The summed E-state index contributed by atoms with van der Waals surface area (Å²) in [7, 11) is 0. The molecule has 23 heavy (non-hydrogen) atoms. The molecule has 0 N–H and O–H groups in total. The molecule has 2 aromatic rings. The van der Waals surface area contributed by atoms with Crippen LogP contribution < -0.4 is 0 Å². The number of nitrogens with zero attached hydrogens (tertiary/aromatic N) is 1. The molecule has 2 aromatic carbocycles. The molecule has 0 spiro atoms. The molecule has 1 fully saturated rings. The Bertz CT molecular complexity index is 799. The Labute approximate surface area is 152 Å². The van der Waals surface area contributed by atoms with Gasteiger partial charge in [0.05, 0.1) is 11.4 Å². The highest BCUT2D eigenvalue weighted by atomic mass is 127. The first-order valence-corrected chi connectivity index (χ1v) is 8.99. The van der Waals surface area contributed by atoms with E-state index in [1.165, 1.54) is 4.90 Å². The average Bonchev–Trinajstić information content (AvgIpc) is 2.79. The molecule has 3 nitrogen and oxygen atoms in total. The van der Waals surface area contributed by atoms with Gasteiger partial charge in [-0.3, -0.25) is 14.5 Å². The zero-order chi connectivity index (χ0) is 16.4. The predicted octanol–water partition coefficient (Wildman–Crippen LogP) is 4.84. The highest BCUT2D eigenvalue weighted by molar-refractivity contribution is 14.1. The molecule has 1 saturated heterocycles. The first-order chi connectivity index (χ1) is 11.0. The number of thioether (sulfide) groups is 1. The van der Waals surface area contributed by atoms with Crippen molar-refractivity contribution in [3.63, 3.8) is 0 Å². The lowest BCUT2D eigenvalue weighted by atomic mass is 10.1. The summed E-state index contributed by atoms with van der Waals surface area (Å²) in [6.45, 7) is 2.30. The van der Waals surface area contributed by atoms with E-state index in [2.05, 4.69) is 22.6 Å². The normalized spacial score (nSPS) is 16.4. The van der Waals surface area contributed by atoms with Crippen LogP contribution in [0.4, 0.5) is 4.79 Å². The molecule has 0 unspecified atom stereocenters. The van der Waals surface area contributed by atoms with E-state index in [9.17, 15) is 9.59 Å². The molecule has 0 aromatic heterocycles. The number of benzene rings is 2. The Kier molecular flexibility index (Phi) is 4.87. The minimum atomic E-state index is -0.221. The van der Waals surface area contributed by atoms with E-state index in [0.29, 0.717) is 11.4 Å². The van der Waals surface area contributed by atoms with Gasteiger partial charge in [-0.25, -0.2) is 0 Å². The second-order valence-corrected chi connectivity index (χ2v) is 7.49. The fourth-order valence-electron chi connectivity index (χ4n) is 2.30. The molecular weight excluding hydrogens is 421 g/mol. The largest absolute Gasteiger partial charge is 0.293 e. The van der Waals surface area contributed by atoms with Gasteiger partial charge in [0.25, 0.3) is 11.1 Å². The van der Waals surface area contributed by atoms with E-state index in [1.807, 2.05) is 55.5 Å². The monoisotopic (exact) mass is 435 g/mol. The number of halogens is 1. The van der Waals surface area contributed by atoms with Crippen LogP contribution >= 0.6 is 34.4 Å². The lowest BCUT2D eigenvalue weighted by Gasteiger charge is -2.12. The van der Waals surface area contributed by atoms with Gasteiger partial charge in [0.2, 0.25) is 0 Å². The molecule has 1 aliphatic rings. The number of hydrogen-bond donors (Lipinski definition) is 0. The summed E-state index contributed by atoms with van der Waals surface area (Å²) in [6.07, 6.45) is 1.80. The molecule has 0 atom stereocenters. The van der Waals surface area contributed by atoms with E-state index in [1.54, 1.807) is 6.08 Å². The molecule has 0 radical (unpaired) electrons. The van der Waals surface area contributed by atoms with Gasteiger partial charge in [0, 0.05) is 3.57 Å². The highest BCUT2D eigenvalue weighted by Crippen LogP contribution is 2.33. The van der Waals surface area contributed by atoms with Gasteiger partial charge in [0.1, 0.15) is 0 Å². The second kappa shape index (κ2) is 6.88. The third kappa shape index (κ3) is 3.67. The van der Waals surface area contributed by atoms with E-state index in [0.717, 1.165) is 32.0 Å². The molecule has 116 valence electrons. The van der Waals surface area contributed by atoms with E-state index in [-0.39, 0.29) is 11.1 Å². The van der Waals surface area contributed by atoms with Crippen molar-refractivity contribution >= 4 is 51.6 Å². The number of amides is 2. The molecule has 5 heteroatoms. The quantitative estimate of drug-likeness (QED) is 0.512. The van der Waals surface area contributed by atoms with Crippen LogP contribution in [0.3, 0.4) is 0 Å². The number of aryl methyl sites for hydroxylation is 1. The standard InChI is InChI=1S/C18H14INO2S/c1-12-4-2-3-5-14(12)10-16-17(21)20(18(22)23-16)11-13-6-8-15(19)9-7-13/h2-10H,11H2,1H3/b16-10+. The van der Waals surface area contributed by atoms with E-state index in [4.69, 9.17) is 0 Å². The molecule has 1 heterocycles. The lowest BCUT2D eigenvalue weighted by Crippen LogP contribution is -2.27. The van der Waals surface area contributed by atoms with E-state index < -0.39 is 0 Å². The maximum absolute atomic E-state index is 12.5. The average molecular weight is 435 g/mol. The van der Waals surface area contributed by atoms with Crippen molar-refractivity contribution < 1.29 is 9.59 Å². The highest BCUT2D eigenvalue weighted by Gasteiger charge is 2.34. The van der Waals surface area contributed by atoms with Gasteiger partial charge in [-0.05, 0) is 76.2 Å². The molecule has 0 bridgehead atoms. The molecule has 0 aliphatic carbocycles. The van der Waals surface area contributed by atoms with E-state index >= 15 is 0 Å². The number of imide groups is 1. The van der Waals surface area contributed by atoms with Crippen LogP contribution in [0.1, 0.15) is 16.7 Å². The zero-order valence-corrected chi connectivity index (χ0v) is 15.4. The number of carbonyl (C=O) groups is 2. The first kappa shape index (κ1) is 16.3. The van der Waals surface area contributed by atoms with Crippen molar-refractivity contribution in [2.24, 2.45) is 0 Å². The van der Waals surface area contributed by atoms with Crippen LogP contribution in [-0.4, -0.2) is 16.0 Å². The molecular formula is C18H14INO2S. The van der Waals surface area contributed by atoms with Crippen molar-refractivity contribution in [1.82, 2.24) is 4.90 Å². The van der Waals surface area contributed by atoms with Crippen molar-refractivity contribution in [1.29, 1.82) is 0 Å². The van der Waals surface area contributed by atoms with Crippen molar-refractivity contribution in [2.75, 3.05) is 0 Å². The third-order valence-electron chi connectivity index (χ3n) is 3.60. The Morgan fingerprint density at radius 2 is 1.78 bits per heavy atom. The first-order valence-electron chi connectivity index (χ1n) is 7.10. The van der Waals surface area contributed by atoms with Gasteiger partial charge in [0.15, 0.2) is 0 Å². The Morgan fingerprint density at radius 1 is 1.09 bits per heavy atom. The van der Waals surface area contributed by atoms with Gasteiger partial charge in [-0.2, -0.15) is 0 Å². The third-order valence-corrected chi connectivity index (χ3v) is 5.23. The fraction of sp³-hybridized carbons (Fsp3) is 0.111. The summed E-state index contributed by atoms with van der Waals surface area (Å²) >= 11 is 3.23. The van der Waals surface area contributed by atoms with Crippen LogP contribution in [0.15, 0.2) is 53.4 Å². The van der Waals surface area contributed by atoms with Crippen LogP contribution in [0.5, 0.6) is 0 Å². The summed E-state index contributed by atoms with van der Waals surface area (Å²) in [6, 6.07) is 15.6. The Balaban J connectivity index is 1.82. The van der Waals surface area contributed by atoms with Gasteiger partial charge in [-0.1, -0.05) is 36.4 Å². The van der Waals surface area contributed by atoms with Gasteiger partial charge < -0.3 is 0 Å². The number of hydrogen-bond acceptors (Lipinski definition) is 3. The van der Waals surface area contributed by atoms with Crippen LogP contribution in [-0.2, 0) is 11.3 Å². The summed E-state index contributed by atoms with van der Waals surface area (Å²) in [5.41, 5.74) is 2.99. The van der Waals surface area contributed by atoms with Crippen molar-refractivity contribution in [2.45, 2.75) is 13.5 Å². The van der Waals surface area contributed by atoms with Crippen LogP contribution in [0.25, 0.3) is 6.08 Å². The lowest BCUT2D eigenvalue weighted by molar-refractivity contribution is -0.123. The molecule has 0 saturated carbocycles. The Morgan fingerprint density at radius 3 is 2.48 bits per heavy atom. The topological polar surface area (TPSA) is 37.4 Å². The number of rotatable bonds is 3. The maximum atomic E-state index is 12.5. The Hall–Kier alpha value is -1.60. The summed E-state index contributed by atoms with van der Waals surface area (Å²) in [4.78, 5) is 26.5. The second-order valence-electron chi connectivity index (χ2n) is 5.25. The SMILES string of the molecule is Cc1ccccc1/C=C1/SC(=O)N(Cc2ccc(I)cc2)C1=O. The fourth-order valence-corrected chi connectivity index (χ4v) is 3.49. The maximum Gasteiger partial charge on any atom is 0.293 e. The van der Waals surface area contributed by atoms with Crippen LogP contribution in [0, 0.1) is 10.5 Å². The smallest absolute Gasteiger partial charge is 0.268 e. The summed E-state index contributed by atoms with van der Waals surface area (Å²) in [5.74, 6) is -0.221. The van der Waals surface area contributed by atoms with Crippen molar-refractivity contribution in [3.8, 4) is 0 Å². The summed E-state index contributed by atoms with van der Waals surface area (Å²) in [5, 5.41) is -0.214. The minimum absolute atomic E-state index is 0.214. The van der Waals surface area contributed by atoms with Crippen LogP contribution in [0.2, 0.25) is 0 Å². The molecule has 2 amide bonds. The van der Waals surface area contributed by atoms with Gasteiger partial charge >= 0.3 is 0 Å². The molecule has 1 aliphatic heterocycles. The molecule has 3 rings (SSSR count). The summed E-state index contributed by atoms with van der Waals surface area (Å²) < 4.78 is 1.12. The minimum Gasteiger partial charge on any atom is -0.268 e. The zero-order valence-electron chi connectivity index (χ0n) is 12.5. The number of carbonyl (C=O) groups excluding carboxylic acids is 2. The predicted molar refractivity (Wildman–Crippen MR) is 102 cm³/mol.